The zero-order valence-electron chi connectivity index (χ0n) is 12.2. The van der Waals surface area contributed by atoms with E-state index >= 15 is 0 Å². The van der Waals surface area contributed by atoms with Crippen molar-refractivity contribution in [3.63, 3.8) is 0 Å². The van der Waals surface area contributed by atoms with Crippen LogP contribution in [-0.4, -0.2) is 46.5 Å². The smallest absolute Gasteiger partial charge is 0.204 e. The molecule has 21 heavy (non-hydrogen) atoms. The third kappa shape index (κ3) is 7.58. The molecule has 0 saturated carbocycles. The number of thioether (sulfide) groups is 1. The minimum absolute atomic E-state index is 0.174. The molecule has 0 aromatic carbocycles. The van der Waals surface area contributed by atoms with Crippen molar-refractivity contribution in [1.29, 1.82) is 5.26 Å². The molecule has 0 bridgehead atoms. The van der Waals surface area contributed by atoms with Crippen LogP contribution in [0.15, 0.2) is 11.3 Å². The normalized spacial score (nSPS) is 11.2. The van der Waals surface area contributed by atoms with Gasteiger partial charge in [0.05, 0.1) is 12.0 Å². The molecule has 0 aliphatic carbocycles. The van der Waals surface area contributed by atoms with Crippen LogP contribution in [0.3, 0.4) is 0 Å². The average Bonchev–Trinajstić information content (AvgIpc) is 2.88. The van der Waals surface area contributed by atoms with E-state index in [1.807, 2.05) is 13.1 Å². The number of nitriles is 1. The van der Waals surface area contributed by atoms with Crippen LogP contribution in [0.4, 0.5) is 0 Å². The number of H-pyrrole nitrogens is 1. The Hall–Kier alpha value is -1.72. The predicted octanol–water partition coefficient (Wildman–Crippen LogP) is 0.740. The summed E-state index contributed by atoms with van der Waals surface area (Å²) >= 11 is 1.77. The number of hydrogen-bond donors (Lipinski definition) is 4. The lowest BCUT2D eigenvalue weighted by molar-refractivity contribution is 0.285. The maximum absolute atomic E-state index is 8.69. The summed E-state index contributed by atoms with van der Waals surface area (Å²) in [5, 5.41) is 23.0. The minimum atomic E-state index is 0.174. The second kappa shape index (κ2) is 11.0. The number of imidazole rings is 1. The van der Waals surface area contributed by atoms with Gasteiger partial charge in [-0.2, -0.15) is 17.0 Å². The van der Waals surface area contributed by atoms with Crippen molar-refractivity contribution < 1.29 is 5.11 Å². The summed E-state index contributed by atoms with van der Waals surface area (Å²) in [6.45, 7) is 3.50. The van der Waals surface area contributed by atoms with Gasteiger partial charge in [-0.25, -0.2) is 4.98 Å². The first kappa shape index (κ1) is 17.3. The fourth-order valence-corrected chi connectivity index (χ4v) is 2.43. The summed E-state index contributed by atoms with van der Waals surface area (Å²) < 4.78 is 0. The topological polar surface area (TPSA) is 109 Å². The third-order valence-electron chi connectivity index (χ3n) is 2.72. The van der Waals surface area contributed by atoms with Crippen molar-refractivity contribution in [2.24, 2.45) is 4.99 Å². The van der Waals surface area contributed by atoms with Crippen LogP contribution in [0.25, 0.3) is 0 Å². The number of aliphatic hydroxyl groups excluding tert-OH is 1. The Kier molecular flexibility index (Phi) is 9.08. The van der Waals surface area contributed by atoms with E-state index in [2.05, 4.69) is 25.6 Å². The van der Waals surface area contributed by atoms with Crippen molar-refractivity contribution in [3.8, 4) is 6.19 Å². The fraction of sp³-hybridized carbons (Fsp3) is 0.615. The first-order chi connectivity index (χ1) is 10.3. The SMILES string of the molecule is Cc1[nH]cnc1CSCCNC(=NCCCCO)NC#N. The number of unbranched alkanes of at least 4 members (excludes halogenated alkanes) is 1. The van der Waals surface area contributed by atoms with Crippen LogP contribution in [0.2, 0.25) is 0 Å². The molecule has 7 nitrogen and oxygen atoms in total. The van der Waals surface area contributed by atoms with E-state index in [4.69, 9.17) is 10.4 Å². The van der Waals surface area contributed by atoms with Crippen LogP contribution in [0.5, 0.6) is 0 Å². The highest BCUT2D eigenvalue weighted by Crippen LogP contribution is 2.11. The van der Waals surface area contributed by atoms with Crippen molar-refractivity contribution in [2.45, 2.75) is 25.5 Å². The molecule has 0 saturated heterocycles. The van der Waals surface area contributed by atoms with E-state index in [1.165, 1.54) is 0 Å². The second-order valence-electron chi connectivity index (χ2n) is 4.35. The van der Waals surface area contributed by atoms with Crippen LogP contribution < -0.4 is 10.6 Å². The van der Waals surface area contributed by atoms with Crippen molar-refractivity contribution in [1.82, 2.24) is 20.6 Å². The van der Waals surface area contributed by atoms with Gasteiger partial charge in [0.25, 0.3) is 0 Å². The maximum Gasteiger partial charge on any atom is 0.204 e. The van der Waals surface area contributed by atoms with Crippen LogP contribution in [0, 0.1) is 18.4 Å². The molecule has 1 rings (SSSR count). The number of aromatic nitrogens is 2. The molecule has 1 aromatic rings. The van der Waals surface area contributed by atoms with E-state index < -0.39 is 0 Å². The van der Waals surface area contributed by atoms with E-state index in [0.29, 0.717) is 12.5 Å². The zero-order valence-corrected chi connectivity index (χ0v) is 13.0. The Labute approximate surface area is 129 Å². The number of aliphatic imine (C=N–C) groups is 1. The molecule has 0 amide bonds. The molecule has 0 aliphatic rings. The van der Waals surface area contributed by atoms with Crippen molar-refractivity contribution >= 4 is 17.7 Å². The highest BCUT2D eigenvalue weighted by Gasteiger charge is 2.01. The molecule has 0 atom stereocenters. The second-order valence-corrected chi connectivity index (χ2v) is 5.46. The zero-order chi connectivity index (χ0) is 15.3. The Morgan fingerprint density at radius 2 is 2.43 bits per heavy atom. The fourth-order valence-electron chi connectivity index (χ4n) is 1.55. The average molecular weight is 310 g/mol. The van der Waals surface area contributed by atoms with Crippen LogP contribution in [0.1, 0.15) is 24.2 Å². The molecule has 1 heterocycles. The number of aryl methyl sites for hydroxylation is 1. The molecular formula is C13H22N6OS. The largest absolute Gasteiger partial charge is 0.396 e. The van der Waals surface area contributed by atoms with Gasteiger partial charge in [0.1, 0.15) is 0 Å². The first-order valence-electron chi connectivity index (χ1n) is 6.88. The molecule has 0 radical (unpaired) electrons. The van der Waals surface area contributed by atoms with Gasteiger partial charge in [-0.05, 0) is 19.8 Å². The van der Waals surface area contributed by atoms with Gasteiger partial charge in [0, 0.05) is 36.9 Å². The number of guanidine groups is 1. The highest BCUT2D eigenvalue weighted by atomic mass is 32.2. The number of nitrogens with zero attached hydrogens (tertiary/aromatic N) is 3. The van der Waals surface area contributed by atoms with E-state index in [-0.39, 0.29) is 6.61 Å². The van der Waals surface area contributed by atoms with Crippen LogP contribution >= 0.6 is 11.8 Å². The first-order valence-corrected chi connectivity index (χ1v) is 8.04. The third-order valence-corrected chi connectivity index (χ3v) is 3.69. The van der Waals surface area contributed by atoms with E-state index in [9.17, 15) is 0 Å². The minimum Gasteiger partial charge on any atom is -0.396 e. The Balaban J connectivity index is 2.18. The molecular weight excluding hydrogens is 288 g/mol. The lowest BCUT2D eigenvalue weighted by atomic mass is 10.3. The molecule has 116 valence electrons. The van der Waals surface area contributed by atoms with Crippen molar-refractivity contribution in [2.75, 3.05) is 25.4 Å². The number of aliphatic hydroxyl groups is 1. The predicted molar refractivity (Wildman–Crippen MR) is 84.9 cm³/mol. The Bertz CT molecular complexity index is 467. The van der Waals surface area contributed by atoms with E-state index in [1.54, 1.807) is 18.1 Å². The quantitative estimate of drug-likeness (QED) is 0.176. The maximum atomic E-state index is 8.69. The van der Waals surface area contributed by atoms with Gasteiger partial charge in [0.15, 0.2) is 6.19 Å². The summed E-state index contributed by atoms with van der Waals surface area (Å²) in [7, 11) is 0. The van der Waals surface area contributed by atoms with Gasteiger partial charge >= 0.3 is 0 Å². The molecule has 0 spiro atoms. The van der Waals surface area contributed by atoms with Gasteiger partial charge < -0.3 is 15.4 Å². The number of nitrogens with one attached hydrogen (secondary N) is 3. The number of hydrogen-bond acceptors (Lipinski definition) is 5. The molecule has 8 heteroatoms. The van der Waals surface area contributed by atoms with Gasteiger partial charge in [-0.1, -0.05) is 0 Å². The summed E-state index contributed by atoms with van der Waals surface area (Å²) in [4.78, 5) is 11.5. The number of aromatic amines is 1. The molecule has 1 aromatic heterocycles. The van der Waals surface area contributed by atoms with Crippen molar-refractivity contribution in [3.05, 3.63) is 17.7 Å². The Morgan fingerprint density at radius 1 is 1.57 bits per heavy atom. The summed E-state index contributed by atoms with van der Waals surface area (Å²) in [6, 6.07) is 0. The lowest BCUT2D eigenvalue weighted by Gasteiger charge is -2.07. The molecule has 0 fully saturated rings. The summed E-state index contributed by atoms with van der Waals surface area (Å²) in [6.07, 6.45) is 5.10. The van der Waals surface area contributed by atoms with Crippen LogP contribution in [-0.2, 0) is 5.75 Å². The van der Waals surface area contributed by atoms with Gasteiger partial charge in [0.2, 0.25) is 5.96 Å². The standard InChI is InChI=1S/C13H22N6OS/c1-11-12(19-10-18-11)8-21-7-5-16-13(17-9-14)15-4-2-3-6-20/h10,20H,2-8H2,1H3,(H,18,19)(H2,15,16,17). The molecule has 4 N–H and O–H groups in total. The van der Waals surface area contributed by atoms with Gasteiger partial charge in [-0.15, -0.1) is 0 Å². The summed E-state index contributed by atoms with van der Waals surface area (Å²) in [5.74, 6) is 2.26. The Morgan fingerprint density at radius 3 is 3.10 bits per heavy atom. The lowest BCUT2D eigenvalue weighted by Crippen LogP contribution is -2.36. The van der Waals surface area contributed by atoms with E-state index in [0.717, 1.165) is 42.3 Å². The van der Waals surface area contributed by atoms with Gasteiger partial charge in [-0.3, -0.25) is 10.3 Å². The monoisotopic (exact) mass is 310 g/mol. The molecule has 0 aliphatic heterocycles. The number of rotatable bonds is 9. The highest BCUT2D eigenvalue weighted by molar-refractivity contribution is 7.98. The molecule has 0 unspecified atom stereocenters. The summed E-state index contributed by atoms with van der Waals surface area (Å²) in [5.41, 5.74) is 2.18.